The van der Waals surface area contributed by atoms with Gasteiger partial charge in [0.05, 0.1) is 29.7 Å². The molecular formula is C43H33N3O11. The molecule has 0 radical (unpaired) electrons. The molecule has 7 rings (SSSR count). The van der Waals surface area contributed by atoms with Crippen molar-refractivity contribution in [1.29, 1.82) is 0 Å². The van der Waals surface area contributed by atoms with Gasteiger partial charge in [-0.25, -0.2) is 14.4 Å². The van der Waals surface area contributed by atoms with E-state index in [4.69, 9.17) is 8.83 Å². The number of hydrogen-bond acceptors (Lipinski definition) is 10. The molecule has 14 heteroatoms. The van der Waals surface area contributed by atoms with E-state index < -0.39 is 28.9 Å². The maximum absolute atomic E-state index is 13.3. The van der Waals surface area contributed by atoms with Gasteiger partial charge in [0.1, 0.15) is 22.7 Å². The number of hydrogen-bond donors (Lipinski definition) is 5. The molecule has 2 aliphatic rings. The Balaban J connectivity index is 1.08. The van der Waals surface area contributed by atoms with Crippen LogP contribution in [-0.2, 0) is 24.3 Å². The van der Waals surface area contributed by atoms with E-state index in [1.807, 2.05) is 25.1 Å². The number of fused-ring (bicyclic) bond motifs is 3. The molecule has 2 amide bonds. The smallest absolute Gasteiger partial charge is 0.336 e. The lowest BCUT2D eigenvalue weighted by atomic mass is 9.88. The molecule has 5 N–H and O–H groups in total. The van der Waals surface area contributed by atoms with Gasteiger partial charge in [-0.3, -0.25) is 14.4 Å². The van der Waals surface area contributed by atoms with E-state index in [0.717, 1.165) is 11.8 Å². The fraction of sp³-hybridized carbons (Fsp3) is 0.116. The number of carbonyl (C=O) groups is 4. The van der Waals surface area contributed by atoms with E-state index in [1.165, 1.54) is 48.5 Å². The van der Waals surface area contributed by atoms with Crippen LogP contribution >= 0.6 is 0 Å². The molecule has 1 aromatic heterocycles. The van der Waals surface area contributed by atoms with E-state index in [2.05, 4.69) is 10.6 Å². The largest absolute Gasteiger partial charge is 0.508 e. The second kappa shape index (κ2) is 15.2. The predicted octanol–water partition coefficient (Wildman–Crippen LogP) is 5.63. The summed E-state index contributed by atoms with van der Waals surface area (Å²) in [5.41, 5.74) is 2.06. The second-order valence-electron chi connectivity index (χ2n) is 13.4. The van der Waals surface area contributed by atoms with Crippen molar-refractivity contribution in [3.63, 3.8) is 0 Å². The maximum Gasteiger partial charge on any atom is 0.336 e. The Morgan fingerprint density at radius 2 is 1.39 bits per heavy atom. The third-order valence-electron chi connectivity index (χ3n) is 9.51. The molecule has 0 bridgehead atoms. The highest BCUT2D eigenvalue weighted by atomic mass is 16.4. The lowest BCUT2D eigenvalue weighted by molar-refractivity contribution is -0.120. The number of nitrogens with one attached hydrogen (secondary N) is 2. The van der Waals surface area contributed by atoms with Crippen LogP contribution in [0, 0.1) is 0 Å². The quantitative estimate of drug-likeness (QED) is 0.0800. The number of aromatic carboxylic acids is 2. The van der Waals surface area contributed by atoms with Gasteiger partial charge in [-0.2, -0.15) is 0 Å². The fourth-order valence-electron chi connectivity index (χ4n) is 6.63. The maximum atomic E-state index is 13.3. The lowest BCUT2D eigenvalue weighted by Gasteiger charge is -2.19. The summed E-state index contributed by atoms with van der Waals surface area (Å²) in [5, 5.41) is 36.4. The van der Waals surface area contributed by atoms with E-state index in [-0.39, 0.29) is 70.3 Å². The molecule has 0 saturated heterocycles. The number of amides is 2. The van der Waals surface area contributed by atoms with Crippen LogP contribution in [0.1, 0.15) is 47.8 Å². The van der Waals surface area contributed by atoms with Crippen LogP contribution in [0.25, 0.3) is 44.4 Å². The van der Waals surface area contributed by atoms with Crippen molar-refractivity contribution in [1.82, 2.24) is 10.6 Å². The van der Waals surface area contributed by atoms with Crippen molar-refractivity contribution in [2.45, 2.75) is 19.5 Å². The van der Waals surface area contributed by atoms with Crippen LogP contribution in [0.4, 0.5) is 5.69 Å². The normalized spacial score (nSPS) is 11.1. The van der Waals surface area contributed by atoms with Gasteiger partial charge < -0.3 is 39.7 Å². The number of phenolic OH excluding ortho intramolecular Hbond substituents is 1. The van der Waals surface area contributed by atoms with Gasteiger partial charge >= 0.3 is 17.6 Å². The SMILES string of the molecule is CN(C)c1ccc2c(CC(=O)NCc3ccc(C(=O)NCc4c5oc6cc(O)ccc6c(-c6ccc(C(=O)O)cc6C(=O)O)c-5ccc4=O)cc3)cc(=O)oc2c1. The zero-order chi connectivity index (χ0) is 40.5. The summed E-state index contributed by atoms with van der Waals surface area (Å²) in [6.07, 6.45) is -0.0533. The highest BCUT2D eigenvalue weighted by molar-refractivity contribution is 6.09. The number of aromatic hydroxyl groups is 1. The van der Waals surface area contributed by atoms with Crippen molar-refractivity contribution in [2.75, 3.05) is 19.0 Å². The van der Waals surface area contributed by atoms with Gasteiger partial charge in [-0.05, 0) is 77.4 Å². The molecule has 0 saturated carbocycles. The Hall–Kier alpha value is -7.74. The summed E-state index contributed by atoms with van der Waals surface area (Å²) in [5.74, 6) is -3.67. The average Bonchev–Trinajstić information content (AvgIpc) is 3.18. The van der Waals surface area contributed by atoms with Gasteiger partial charge in [-0.1, -0.05) is 18.2 Å². The van der Waals surface area contributed by atoms with Crippen LogP contribution in [0.3, 0.4) is 0 Å². The first-order valence-electron chi connectivity index (χ1n) is 17.5. The number of carbonyl (C=O) groups excluding carboxylic acids is 2. The number of rotatable bonds is 11. The van der Waals surface area contributed by atoms with Gasteiger partial charge in [-0.15, -0.1) is 0 Å². The van der Waals surface area contributed by atoms with Crippen molar-refractivity contribution < 1.29 is 43.3 Å². The van der Waals surface area contributed by atoms with Gasteiger partial charge in [0.25, 0.3) is 5.91 Å². The molecule has 0 unspecified atom stereocenters. The number of benzene rings is 5. The molecule has 286 valence electrons. The van der Waals surface area contributed by atoms with Crippen LogP contribution < -0.4 is 26.6 Å². The van der Waals surface area contributed by atoms with E-state index in [1.54, 1.807) is 36.4 Å². The molecule has 1 aliphatic heterocycles. The van der Waals surface area contributed by atoms with Crippen LogP contribution in [0.15, 0.2) is 115 Å². The summed E-state index contributed by atoms with van der Waals surface area (Å²) >= 11 is 0. The first-order chi connectivity index (χ1) is 27.3. The average molecular weight is 768 g/mol. The number of anilines is 1. The molecule has 0 atom stereocenters. The Bertz CT molecular complexity index is 2860. The summed E-state index contributed by atoms with van der Waals surface area (Å²) in [6.45, 7) is -0.136. The highest BCUT2D eigenvalue weighted by Gasteiger charge is 2.26. The Labute approximate surface area is 322 Å². The number of phenols is 1. The molecule has 0 fully saturated rings. The molecule has 1 aliphatic carbocycles. The van der Waals surface area contributed by atoms with Crippen LogP contribution in [0.2, 0.25) is 0 Å². The summed E-state index contributed by atoms with van der Waals surface area (Å²) in [6, 6.07) is 23.8. The molecule has 5 aromatic rings. The van der Waals surface area contributed by atoms with Crippen LogP contribution in [0.5, 0.6) is 5.75 Å². The minimum absolute atomic E-state index is 0.0309. The summed E-state index contributed by atoms with van der Waals surface area (Å²) in [7, 11) is 3.73. The highest BCUT2D eigenvalue weighted by Crippen LogP contribution is 2.43. The first-order valence-corrected chi connectivity index (χ1v) is 17.5. The Kier molecular flexibility index (Phi) is 10.0. The molecule has 2 heterocycles. The Morgan fingerprint density at radius 1 is 0.684 bits per heavy atom. The number of nitrogens with zero attached hydrogens (tertiary/aromatic N) is 1. The molecule has 0 spiro atoms. The van der Waals surface area contributed by atoms with E-state index >= 15 is 0 Å². The zero-order valence-electron chi connectivity index (χ0n) is 30.4. The topological polar surface area (TPSA) is 217 Å². The minimum atomic E-state index is -1.38. The predicted molar refractivity (Wildman–Crippen MR) is 210 cm³/mol. The molecule has 14 nitrogen and oxygen atoms in total. The minimum Gasteiger partial charge on any atom is -0.508 e. The van der Waals surface area contributed by atoms with Gasteiger partial charge in [0, 0.05) is 72.0 Å². The molecular weight excluding hydrogens is 734 g/mol. The van der Waals surface area contributed by atoms with E-state index in [9.17, 15) is 44.1 Å². The molecule has 57 heavy (non-hydrogen) atoms. The summed E-state index contributed by atoms with van der Waals surface area (Å²) < 4.78 is 11.5. The van der Waals surface area contributed by atoms with Crippen molar-refractivity contribution in [2.24, 2.45) is 0 Å². The monoisotopic (exact) mass is 767 g/mol. The zero-order valence-corrected chi connectivity index (χ0v) is 30.4. The molecule has 4 aromatic carbocycles. The first kappa shape index (κ1) is 37.6. The second-order valence-corrected chi connectivity index (χ2v) is 13.4. The number of carboxylic acids is 2. The van der Waals surface area contributed by atoms with E-state index in [0.29, 0.717) is 38.6 Å². The fourth-order valence-corrected chi connectivity index (χ4v) is 6.63. The van der Waals surface area contributed by atoms with Crippen molar-refractivity contribution in [3.05, 3.63) is 151 Å². The van der Waals surface area contributed by atoms with Gasteiger partial charge in [0.2, 0.25) is 5.91 Å². The third-order valence-corrected chi connectivity index (χ3v) is 9.51. The van der Waals surface area contributed by atoms with Crippen molar-refractivity contribution in [3.8, 4) is 28.2 Å². The van der Waals surface area contributed by atoms with Gasteiger partial charge in [0.15, 0.2) is 5.43 Å². The lowest BCUT2D eigenvalue weighted by Crippen LogP contribution is -2.27. The number of carboxylic acid groups (broad SMARTS) is 2. The standard InChI is InChI=1S/C43H33N3O11/c1-46(2)26-8-11-28-25(17-38(50)56-35(28)18-26)16-37(49)44-20-22-3-5-23(6-4-22)41(51)45-21-33-34(48)14-13-31-39(30-12-9-27(47)19-36(30)57-40(31)33)29-10-7-24(42(52)53)15-32(29)43(54)55/h3-15,17-19,47H,16,20-21H2,1-2H3,(H,44,49)(H,45,51)(H,52,53)(H,54,55). The Morgan fingerprint density at radius 3 is 2.11 bits per heavy atom. The summed E-state index contributed by atoms with van der Waals surface area (Å²) in [4.78, 5) is 77.6. The van der Waals surface area contributed by atoms with Crippen molar-refractivity contribution >= 4 is 51.4 Å². The third kappa shape index (κ3) is 7.64. The van der Waals surface area contributed by atoms with Crippen LogP contribution in [-0.4, -0.2) is 53.2 Å².